The van der Waals surface area contributed by atoms with Gasteiger partial charge >= 0.3 is 5.97 Å². The quantitative estimate of drug-likeness (QED) is 0.746. The number of benzene rings is 1. The van der Waals surface area contributed by atoms with Crippen molar-refractivity contribution in [2.75, 3.05) is 0 Å². The number of hydrogen-bond acceptors (Lipinski definition) is 2. The highest BCUT2D eigenvalue weighted by Gasteiger charge is 2.12. The first-order valence-corrected chi connectivity index (χ1v) is 3.94. The summed E-state index contributed by atoms with van der Waals surface area (Å²) in [5.74, 6) is -2.01. The summed E-state index contributed by atoms with van der Waals surface area (Å²) in [5, 5.41) is 13.2. The van der Waals surface area contributed by atoms with E-state index >= 15 is 0 Å². The van der Waals surface area contributed by atoms with Crippen LogP contribution < -0.4 is 0 Å². The number of aromatic nitrogens is 2. The molecule has 5 heteroatoms. The Hall–Kier alpha value is -1.91. The van der Waals surface area contributed by atoms with Gasteiger partial charge < -0.3 is 5.11 Å². The van der Waals surface area contributed by atoms with Gasteiger partial charge in [0, 0.05) is 18.5 Å². The SMILES string of the molecule is Cn1ncc2cc(C(=O)O)c(F)cc21. The lowest BCUT2D eigenvalue weighted by atomic mass is 10.1. The maximum Gasteiger partial charge on any atom is 0.338 e. The maximum atomic E-state index is 13.2. The molecule has 0 amide bonds. The van der Waals surface area contributed by atoms with Crippen molar-refractivity contribution in [1.82, 2.24) is 9.78 Å². The molecule has 0 fully saturated rings. The fraction of sp³-hybridized carbons (Fsp3) is 0.111. The second kappa shape index (κ2) is 2.80. The second-order valence-electron chi connectivity index (χ2n) is 2.96. The number of rotatable bonds is 1. The summed E-state index contributed by atoms with van der Waals surface area (Å²) in [6, 6.07) is 2.45. The van der Waals surface area contributed by atoms with Gasteiger partial charge in [0.25, 0.3) is 0 Å². The van der Waals surface area contributed by atoms with E-state index in [-0.39, 0.29) is 5.56 Å². The van der Waals surface area contributed by atoms with Crippen LogP contribution in [0.25, 0.3) is 10.9 Å². The maximum absolute atomic E-state index is 13.2. The van der Waals surface area contributed by atoms with Crippen molar-refractivity contribution in [3.63, 3.8) is 0 Å². The van der Waals surface area contributed by atoms with Crippen LogP contribution in [0.15, 0.2) is 18.3 Å². The van der Waals surface area contributed by atoms with Gasteiger partial charge in [0.2, 0.25) is 0 Å². The Kier molecular flexibility index (Phi) is 1.73. The van der Waals surface area contributed by atoms with E-state index in [4.69, 9.17) is 5.11 Å². The summed E-state index contributed by atoms with van der Waals surface area (Å²) in [4.78, 5) is 10.6. The van der Waals surface area contributed by atoms with E-state index in [1.54, 1.807) is 7.05 Å². The van der Waals surface area contributed by atoms with E-state index in [2.05, 4.69) is 5.10 Å². The topological polar surface area (TPSA) is 55.1 Å². The molecule has 0 aliphatic rings. The molecule has 4 nitrogen and oxygen atoms in total. The first-order valence-electron chi connectivity index (χ1n) is 3.94. The first-order chi connectivity index (χ1) is 6.59. The van der Waals surface area contributed by atoms with Crippen molar-refractivity contribution >= 4 is 16.9 Å². The van der Waals surface area contributed by atoms with Crippen LogP contribution in [-0.2, 0) is 7.05 Å². The van der Waals surface area contributed by atoms with Crippen LogP contribution in [-0.4, -0.2) is 20.9 Å². The molecule has 1 N–H and O–H groups in total. The molecule has 2 aromatic rings. The lowest BCUT2D eigenvalue weighted by Gasteiger charge is -1.98. The minimum absolute atomic E-state index is 0.328. The van der Waals surface area contributed by atoms with Gasteiger partial charge in [-0.2, -0.15) is 5.10 Å². The number of nitrogens with zero attached hydrogens (tertiary/aromatic N) is 2. The fourth-order valence-corrected chi connectivity index (χ4v) is 1.34. The largest absolute Gasteiger partial charge is 0.478 e. The third kappa shape index (κ3) is 1.14. The summed E-state index contributed by atoms with van der Waals surface area (Å²) < 4.78 is 14.7. The number of hydrogen-bond donors (Lipinski definition) is 1. The second-order valence-corrected chi connectivity index (χ2v) is 2.96. The van der Waals surface area contributed by atoms with Gasteiger partial charge in [0.05, 0.1) is 17.3 Å². The highest BCUT2D eigenvalue weighted by Crippen LogP contribution is 2.18. The van der Waals surface area contributed by atoms with Crippen LogP contribution >= 0.6 is 0 Å². The van der Waals surface area contributed by atoms with Crippen molar-refractivity contribution in [2.24, 2.45) is 7.05 Å². The molecular weight excluding hydrogens is 187 g/mol. The summed E-state index contributed by atoms with van der Waals surface area (Å²) in [6.45, 7) is 0. The predicted octanol–water partition coefficient (Wildman–Crippen LogP) is 1.41. The number of halogens is 1. The molecule has 0 bridgehead atoms. The zero-order chi connectivity index (χ0) is 10.3. The minimum Gasteiger partial charge on any atom is -0.478 e. The molecule has 14 heavy (non-hydrogen) atoms. The molecule has 0 unspecified atom stereocenters. The Bertz CT molecular complexity index is 519. The molecule has 0 atom stereocenters. The number of carboxylic acids is 1. The molecule has 0 saturated carbocycles. The lowest BCUT2D eigenvalue weighted by molar-refractivity contribution is 0.0692. The molecule has 0 radical (unpaired) electrons. The zero-order valence-electron chi connectivity index (χ0n) is 7.36. The third-order valence-corrected chi connectivity index (χ3v) is 2.07. The summed E-state index contributed by atoms with van der Waals surface area (Å²) >= 11 is 0. The highest BCUT2D eigenvalue weighted by molar-refractivity contribution is 5.93. The van der Waals surface area contributed by atoms with E-state index in [0.717, 1.165) is 0 Å². The summed E-state index contributed by atoms with van der Waals surface area (Å²) in [5.41, 5.74) is 0.248. The van der Waals surface area contributed by atoms with Crippen LogP contribution in [0.3, 0.4) is 0 Å². The van der Waals surface area contributed by atoms with Gasteiger partial charge in [-0.15, -0.1) is 0 Å². The van der Waals surface area contributed by atoms with Crippen molar-refractivity contribution in [3.8, 4) is 0 Å². The fourth-order valence-electron chi connectivity index (χ4n) is 1.34. The third-order valence-electron chi connectivity index (χ3n) is 2.07. The molecule has 72 valence electrons. The molecular formula is C9H7FN2O2. The predicted molar refractivity (Wildman–Crippen MR) is 47.6 cm³/mol. The van der Waals surface area contributed by atoms with Gasteiger partial charge in [-0.1, -0.05) is 0 Å². The van der Waals surface area contributed by atoms with E-state index in [0.29, 0.717) is 10.9 Å². The molecule has 0 aliphatic heterocycles. The van der Waals surface area contributed by atoms with E-state index in [1.807, 2.05) is 0 Å². The molecule has 0 aliphatic carbocycles. The van der Waals surface area contributed by atoms with E-state index in [1.165, 1.54) is 23.0 Å². The van der Waals surface area contributed by atoms with Crippen molar-refractivity contribution in [3.05, 3.63) is 29.7 Å². The van der Waals surface area contributed by atoms with Crippen molar-refractivity contribution in [2.45, 2.75) is 0 Å². The zero-order valence-corrected chi connectivity index (χ0v) is 7.36. The van der Waals surface area contributed by atoms with Gasteiger partial charge in [-0.3, -0.25) is 4.68 Å². The molecule has 1 aromatic carbocycles. The Morgan fingerprint density at radius 1 is 1.57 bits per heavy atom. The number of fused-ring (bicyclic) bond motifs is 1. The van der Waals surface area contributed by atoms with Crippen molar-refractivity contribution < 1.29 is 14.3 Å². The smallest absolute Gasteiger partial charge is 0.338 e. The molecule has 1 heterocycles. The van der Waals surface area contributed by atoms with E-state index < -0.39 is 11.8 Å². The Labute approximate surface area is 78.6 Å². The lowest BCUT2D eigenvalue weighted by Crippen LogP contribution is -2.00. The van der Waals surface area contributed by atoms with Crippen LogP contribution in [0.1, 0.15) is 10.4 Å². The van der Waals surface area contributed by atoms with Crippen LogP contribution in [0, 0.1) is 5.82 Å². The van der Waals surface area contributed by atoms with Crippen LogP contribution in [0.2, 0.25) is 0 Å². The number of aromatic carboxylic acids is 1. The standard InChI is InChI=1S/C9H7FN2O2/c1-12-8-3-7(10)6(9(13)14)2-5(8)4-11-12/h2-4H,1H3,(H,13,14). The highest BCUT2D eigenvalue weighted by atomic mass is 19.1. The van der Waals surface area contributed by atoms with Crippen LogP contribution in [0.4, 0.5) is 4.39 Å². The Morgan fingerprint density at radius 3 is 2.93 bits per heavy atom. The van der Waals surface area contributed by atoms with E-state index in [9.17, 15) is 9.18 Å². The first kappa shape index (κ1) is 8.68. The number of carbonyl (C=O) groups is 1. The van der Waals surface area contributed by atoms with Crippen LogP contribution in [0.5, 0.6) is 0 Å². The van der Waals surface area contributed by atoms with Gasteiger partial charge in [0.15, 0.2) is 0 Å². The van der Waals surface area contributed by atoms with Gasteiger partial charge in [-0.05, 0) is 6.07 Å². The average Bonchev–Trinajstić information content (AvgIpc) is 2.46. The summed E-state index contributed by atoms with van der Waals surface area (Å²) in [6.07, 6.45) is 1.50. The Morgan fingerprint density at radius 2 is 2.29 bits per heavy atom. The van der Waals surface area contributed by atoms with Gasteiger partial charge in [-0.25, -0.2) is 9.18 Å². The summed E-state index contributed by atoms with van der Waals surface area (Å²) in [7, 11) is 1.67. The monoisotopic (exact) mass is 194 g/mol. The minimum atomic E-state index is -1.27. The van der Waals surface area contributed by atoms with Gasteiger partial charge in [0.1, 0.15) is 5.82 Å². The number of aryl methyl sites for hydroxylation is 1. The molecule has 0 saturated heterocycles. The molecule has 2 rings (SSSR count). The Balaban J connectivity index is 2.79. The average molecular weight is 194 g/mol. The normalized spacial score (nSPS) is 10.7. The molecule has 0 spiro atoms. The van der Waals surface area contributed by atoms with Crippen molar-refractivity contribution in [1.29, 1.82) is 0 Å². The number of carboxylic acid groups (broad SMARTS) is 1. The molecule has 1 aromatic heterocycles.